The zero-order valence-electron chi connectivity index (χ0n) is 16.4. The molecule has 6 heteroatoms. The average molecular weight is 394 g/mol. The van der Waals surface area contributed by atoms with E-state index < -0.39 is 6.10 Å². The van der Waals surface area contributed by atoms with Crippen LogP contribution in [0.15, 0.2) is 54.6 Å². The summed E-state index contributed by atoms with van der Waals surface area (Å²) in [4.78, 5) is 28.8. The highest BCUT2D eigenvalue weighted by Crippen LogP contribution is 2.32. The topological polar surface area (TPSA) is 70.1 Å². The van der Waals surface area contributed by atoms with Gasteiger partial charge in [-0.3, -0.25) is 14.5 Å². The quantitative estimate of drug-likeness (QED) is 0.866. The number of amides is 2. The van der Waals surface area contributed by atoms with Crippen molar-refractivity contribution in [3.8, 4) is 5.75 Å². The molecule has 2 aromatic carbocycles. The predicted octanol–water partition coefficient (Wildman–Crippen LogP) is 2.77. The van der Waals surface area contributed by atoms with E-state index in [1.54, 1.807) is 4.90 Å². The fourth-order valence-electron chi connectivity index (χ4n) is 4.12. The van der Waals surface area contributed by atoms with E-state index in [-0.39, 0.29) is 30.7 Å². The Balaban J connectivity index is 1.38. The molecule has 29 heavy (non-hydrogen) atoms. The van der Waals surface area contributed by atoms with Gasteiger partial charge in [0.05, 0.1) is 24.8 Å². The molecule has 0 saturated carbocycles. The third-order valence-corrected chi connectivity index (χ3v) is 5.80. The molecule has 2 aliphatic rings. The van der Waals surface area contributed by atoms with Crippen LogP contribution in [0.4, 0.5) is 5.69 Å². The van der Waals surface area contributed by atoms with E-state index in [0.717, 1.165) is 18.4 Å². The number of hydrogen-bond acceptors (Lipinski definition) is 4. The summed E-state index contributed by atoms with van der Waals surface area (Å²) in [6, 6.07) is 17.0. The van der Waals surface area contributed by atoms with Crippen LogP contribution >= 0.6 is 0 Å². The minimum absolute atomic E-state index is 0.0190. The first-order chi connectivity index (χ1) is 14.1. The minimum Gasteiger partial charge on any atom is -0.491 e. The number of nitrogens with zero attached hydrogens (tertiary/aromatic N) is 2. The number of aliphatic hydroxyl groups excluding tert-OH is 1. The molecule has 0 aliphatic carbocycles. The molecule has 6 nitrogen and oxygen atoms in total. The first-order valence-corrected chi connectivity index (χ1v) is 10.2. The Morgan fingerprint density at radius 2 is 1.76 bits per heavy atom. The van der Waals surface area contributed by atoms with Gasteiger partial charge in [-0.1, -0.05) is 42.5 Å². The van der Waals surface area contributed by atoms with Crippen molar-refractivity contribution in [2.24, 2.45) is 5.92 Å². The molecule has 1 saturated heterocycles. The van der Waals surface area contributed by atoms with Crippen LogP contribution in [0.25, 0.3) is 0 Å². The SMILES string of the molecule is O=C(CN1C(=O)CCOc2ccccc21)N1CCC(C(O)c2ccccc2)CC1. The molecule has 0 bridgehead atoms. The molecule has 2 aromatic rings. The number of carbonyl (C=O) groups excluding carboxylic acids is 2. The standard InChI is InChI=1S/C23H26N2O4/c26-21-12-15-29-20-9-5-4-8-19(20)25(21)16-22(27)24-13-10-18(11-14-24)23(28)17-6-2-1-3-7-17/h1-9,18,23,28H,10-16H2. The van der Waals surface area contributed by atoms with Gasteiger partial charge in [-0.2, -0.15) is 0 Å². The molecule has 4 rings (SSSR count). The van der Waals surface area contributed by atoms with Crippen LogP contribution in [0.5, 0.6) is 5.75 Å². The van der Waals surface area contributed by atoms with Crippen LogP contribution in [0.2, 0.25) is 0 Å². The van der Waals surface area contributed by atoms with Gasteiger partial charge in [0.25, 0.3) is 0 Å². The Labute approximate surface area is 170 Å². The van der Waals surface area contributed by atoms with Crippen molar-refractivity contribution in [2.75, 3.05) is 31.1 Å². The van der Waals surface area contributed by atoms with Gasteiger partial charge in [0.2, 0.25) is 11.8 Å². The largest absolute Gasteiger partial charge is 0.491 e. The Morgan fingerprint density at radius 3 is 2.52 bits per heavy atom. The lowest BCUT2D eigenvalue weighted by Crippen LogP contribution is -2.46. The fourth-order valence-corrected chi connectivity index (χ4v) is 4.12. The molecule has 2 amide bonds. The number of carbonyl (C=O) groups is 2. The highest BCUT2D eigenvalue weighted by molar-refractivity contribution is 6.00. The summed E-state index contributed by atoms with van der Waals surface area (Å²) in [5.74, 6) is 0.603. The summed E-state index contributed by atoms with van der Waals surface area (Å²) in [5.41, 5.74) is 1.57. The van der Waals surface area contributed by atoms with E-state index in [0.29, 0.717) is 31.1 Å². The monoisotopic (exact) mass is 394 g/mol. The number of ether oxygens (including phenoxy) is 1. The molecule has 2 heterocycles. The second-order valence-electron chi connectivity index (χ2n) is 7.62. The van der Waals surface area contributed by atoms with Gasteiger partial charge in [-0.05, 0) is 36.5 Å². The second kappa shape index (κ2) is 8.66. The number of fused-ring (bicyclic) bond motifs is 1. The van der Waals surface area contributed by atoms with Gasteiger partial charge in [0.1, 0.15) is 12.3 Å². The number of para-hydroxylation sites is 2. The molecule has 0 radical (unpaired) electrons. The Morgan fingerprint density at radius 1 is 1.07 bits per heavy atom. The molecule has 152 valence electrons. The number of hydrogen-bond donors (Lipinski definition) is 1. The lowest BCUT2D eigenvalue weighted by molar-refractivity contribution is -0.133. The third-order valence-electron chi connectivity index (χ3n) is 5.80. The van der Waals surface area contributed by atoms with Crippen LogP contribution in [0.1, 0.15) is 30.9 Å². The van der Waals surface area contributed by atoms with Crippen molar-refractivity contribution in [1.82, 2.24) is 4.90 Å². The van der Waals surface area contributed by atoms with E-state index in [2.05, 4.69) is 0 Å². The summed E-state index contributed by atoms with van der Waals surface area (Å²) in [6.07, 6.45) is 1.24. The van der Waals surface area contributed by atoms with Crippen LogP contribution in [-0.4, -0.2) is 48.1 Å². The van der Waals surface area contributed by atoms with Crippen molar-refractivity contribution >= 4 is 17.5 Å². The van der Waals surface area contributed by atoms with E-state index in [4.69, 9.17) is 4.74 Å². The molecule has 1 unspecified atom stereocenters. The number of piperidine rings is 1. The number of rotatable bonds is 4. The van der Waals surface area contributed by atoms with Crippen molar-refractivity contribution < 1.29 is 19.4 Å². The molecular weight excluding hydrogens is 368 g/mol. The van der Waals surface area contributed by atoms with Crippen molar-refractivity contribution in [3.05, 3.63) is 60.2 Å². The second-order valence-corrected chi connectivity index (χ2v) is 7.62. The highest BCUT2D eigenvalue weighted by atomic mass is 16.5. The first kappa shape index (κ1) is 19.5. The van der Waals surface area contributed by atoms with E-state index in [1.807, 2.05) is 54.6 Å². The van der Waals surface area contributed by atoms with Crippen LogP contribution in [-0.2, 0) is 9.59 Å². The Hall–Kier alpha value is -2.86. The molecule has 1 N–H and O–H groups in total. The van der Waals surface area contributed by atoms with E-state index >= 15 is 0 Å². The number of likely N-dealkylation sites (tertiary alicyclic amines) is 1. The number of aliphatic hydroxyl groups is 1. The Kier molecular flexibility index (Phi) is 5.81. The minimum atomic E-state index is -0.510. The Bertz CT molecular complexity index is 862. The summed E-state index contributed by atoms with van der Waals surface area (Å²) in [6.45, 7) is 1.52. The normalized spacial score (nSPS) is 18.6. The zero-order valence-corrected chi connectivity index (χ0v) is 16.4. The van der Waals surface area contributed by atoms with Crippen LogP contribution < -0.4 is 9.64 Å². The highest BCUT2D eigenvalue weighted by Gasteiger charge is 2.31. The summed E-state index contributed by atoms with van der Waals surface area (Å²) < 4.78 is 5.64. The van der Waals surface area contributed by atoms with E-state index in [9.17, 15) is 14.7 Å². The maximum Gasteiger partial charge on any atom is 0.242 e. The lowest BCUT2D eigenvalue weighted by atomic mass is 9.87. The molecule has 1 fully saturated rings. The van der Waals surface area contributed by atoms with Gasteiger partial charge in [-0.15, -0.1) is 0 Å². The maximum absolute atomic E-state index is 12.9. The van der Waals surface area contributed by atoms with Crippen LogP contribution in [0, 0.1) is 5.92 Å². The van der Waals surface area contributed by atoms with Gasteiger partial charge in [-0.25, -0.2) is 0 Å². The van der Waals surface area contributed by atoms with Gasteiger partial charge >= 0.3 is 0 Å². The first-order valence-electron chi connectivity index (χ1n) is 10.2. The molecule has 1 atom stereocenters. The average Bonchev–Trinajstić information content (AvgIpc) is 2.93. The predicted molar refractivity (Wildman–Crippen MR) is 110 cm³/mol. The van der Waals surface area contributed by atoms with Crippen molar-refractivity contribution in [1.29, 1.82) is 0 Å². The molecule has 2 aliphatic heterocycles. The lowest BCUT2D eigenvalue weighted by Gasteiger charge is -2.35. The van der Waals surface area contributed by atoms with Crippen molar-refractivity contribution in [2.45, 2.75) is 25.4 Å². The number of anilines is 1. The van der Waals surface area contributed by atoms with Gasteiger partial charge < -0.3 is 14.7 Å². The van der Waals surface area contributed by atoms with Gasteiger partial charge in [0, 0.05) is 13.1 Å². The fraction of sp³-hybridized carbons (Fsp3) is 0.391. The zero-order chi connectivity index (χ0) is 20.2. The third kappa shape index (κ3) is 4.27. The van der Waals surface area contributed by atoms with Crippen molar-refractivity contribution in [3.63, 3.8) is 0 Å². The summed E-state index contributed by atoms with van der Waals surface area (Å²) >= 11 is 0. The number of benzene rings is 2. The van der Waals surface area contributed by atoms with Gasteiger partial charge in [0.15, 0.2) is 0 Å². The molecule has 0 aromatic heterocycles. The molecule has 0 spiro atoms. The smallest absolute Gasteiger partial charge is 0.242 e. The maximum atomic E-state index is 12.9. The summed E-state index contributed by atoms with van der Waals surface area (Å²) in [7, 11) is 0. The van der Waals surface area contributed by atoms with Crippen LogP contribution in [0.3, 0.4) is 0 Å². The summed E-state index contributed by atoms with van der Waals surface area (Å²) in [5, 5.41) is 10.6. The molecular formula is C23H26N2O4. The van der Waals surface area contributed by atoms with E-state index in [1.165, 1.54) is 4.90 Å².